The maximum Gasteiger partial charge on any atom is 0.412 e. The molecular formula is C23H30N2O4. The first-order chi connectivity index (χ1) is 13.7. The third kappa shape index (κ3) is 7.23. The molecule has 2 aromatic carbocycles. The second-order valence-electron chi connectivity index (χ2n) is 7.85. The summed E-state index contributed by atoms with van der Waals surface area (Å²) in [6, 6.07) is 14.4. The van der Waals surface area contributed by atoms with Gasteiger partial charge in [-0.3, -0.25) is 10.1 Å². The number of benzene rings is 2. The number of hydrogen-bond acceptors (Lipinski definition) is 4. The minimum atomic E-state index is -0.558. The summed E-state index contributed by atoms with van der Waals surface area (Å²) < 4.78 is 5.24. The number of rotatable bonds is 7. The summed E-state index contributed by atoms with van der Waals surface area (Å²) in [4.78, 5) is 24.4. The molecule has 0 bridgehead atoms. The molecule has 2 aromatic rings. The van der Waals surface area contributed by atoms with Crippen molar-refractivity contribution in [1.82, 2.24) is 5.32 Å². The van der Waals surface area contributed by atoms with E-state index in [2.05, 4.69) is 10.6 Å². The predicted molar refractivity (Wildman–Crippen MR) is 114 cm³/mol. The van der Waals surface area contributed by atoms with Gasteiger partial charge in [-0.25, -0.2) is 4.79 Å². The largest absolute Gasteiger partial charge is 0.444 e. The number of aliphatic hydroxyl groups excluding tert-OH is 1. The van der Waals surface area contributed by atoms with Crippen molar-refractivity contribution in [1.29, 1.82) is 0 Å². The summed E-state index contributed by atoms with van der Waals surface area (Å²) in [7, 11) is 0. The first-order valence-corrected chi connectivity index (χ1v) is 9.82. The molecule has 6 heteroatoms. The van der Waals surface area contributed by atoms with Crippen molar-refractivity contribution in [2.24, 2.45) is 0 Å². The Bertz CT molecular complexity index is 808. The molecule has 2 amide bonds. The number of aliphatic hydroxyl groups is 1. The van der Waals surface area contributed by atoms with Crippen molar-refractivity contribution < 1.29 is 19.4 Å². The number of nitrogens with one attached hydrogen (secondary N) is 2. The van der Waals surface area contributed by atoms with E-state index in [0.717, 1.165) is 17.5 Å². The van der Waals surface area contributed by atoms with Crippen molar-refractivity contribution >= 4 is 17.7 Å². The molecular weight excluding hydrogens is 368 g/mol. The van der Waals surface area contributed by atoms with Gasteiger partial charge in [0.15, 0.2) is 0 Å². The fraction of sp³-hybridized carbons (Fsp3) is 0.391. The molecule has 0 saturated heterocycles. The highest BCUT2D eigenvalue weighted by Gasteiger charge is 2.17. The van der Waals surface area contributed by atoms with Crippen LogP contribution in [-0.4, -0.2) is 29.3 Å². The van der Waals surface area contributed by atoms with E-state index in [0.29, 0.717) is 17.7 Å². The molecule has 6 nitrogen and oxygen atoms in total. The van der Waals surface area contributed by atoms with Crippen LogP contribution in [-0.2, 0) is 11.2 Å². The Morgan fingerprint density at radius 2 is 1.66 bits per heavy atom. The molecule has 0 aromatic heterocycles. The third-order valence-corrected chi connectivity index (χ3v) is 4.29. The Labute approximate surface area is 172 Å². The predicted octanol–water partition coefficient (Wildman–Crippen LogP) is 4.45. The van der Waals surface area contributed by atoms with E-state index in [4.69, 9.17) is 9.84 Å². The van der Waals surface area contributed by atoms with Crippen LogP contribution in [0, 0.1) is 0 Å². The van der Waals surface area contributed by atoms with Crippen molar-refractivity contribution in [3.63, 3.8) is 0 Å². The molecule has 1 unspecified atom stereocenters. The molecule has 3 N–H and O–H groups in total. The molecule has 0 saturated carbocycles. The Hall–Kier alpha value is -2.86. The molecule has 0 aliphatic carbocycles. The smallest absolute Gasteiger partial charge is 0.412 e. The Morgan fingerprint density at radius 3 is 2.17 bits per heavy atom. The van der Waals surface area contributed by atoms with Gasteiger partial charge in [0.25, 0.3) is 5.91 Å². The first-order valence-electron chi connectivity index (χ1n) is 9.82. The maximum atomic E-state index is 12.6. The minimum Gasteiger partial charge on any atom is -0.444 e. The summed E-state index contributed by atoms with van der Waals surface area (Å²) >= 11 is 0. The van der Waals surface area contributed by atoms with Crippen molar-refractivity contribution in [3.8, 4) is 0 Å². The lowest BCUT2D eigenvalue weighted by molar-refractivity contribution is 0.0635. The fourth-order valence-electron chi connectivity index (χ4n) is 2.83. The standard InChI is InChI=1S/C23H30N2O4/c1-5-20(25-21(27)18-8-6-16(7-9-18)14-15-26)17-10-12-19(13-11-17)24-22(28)29-23(2,3)4/h6-13,20,26H,5,14-15H2,1-4H3,(H,24,28)(H,25,27). The second-order valence-corrected chi connectivity index (χ2v) is 7.85. The van der Waals surface area contributed by atoms with E-state index in [1.54, 1.807) is 24.3 Å². The van der Waals surface area contributed by atoms with Gasteiger partial charge in [-0.05, 0) is 69.0 Å². The molecule has 0 spiro atoms. The van der Waals surface area contributed by atoms with E-state index < -0.39 is 11.7 Å². The normalized spacial score (nSPS) is 12.2. The quantitative estimate of drug-likeness (QED) is 0.643. The Morgan fingerprint density at radius 1 is 1.03 bits per heavy atom. The van der Waals surface area contributed by atoms with E-state index >= 15 is 0 Å². The van der Waals surface area contributed by atoms with Crippen molar-refractivity contribution in [3.05, 3.63) is 65.2 Å². The van der Waals surface area contributed by atoms with Crippen molar-refractivity contribution in [2.45, 2.75) is 52.2 Å². The van der Waals surface area contributed by atoms with Crippen LogP contribution in [0.2, 0.25) is 0 Å². The highest BCUT2D eigenvalue weighted by molar-refractivity contribution is 5.94. The van der Waals surface area contributed by atoms with Gasteiger partial charge in [0, 0.05) is 17.9 Å². The average molecular weight is 399 g/mol. The van der Waals surface area contributed by atoms with Crippen molar-refractivity contribution in [2.75, 3.05) is 11.9 Å². The number of hydrogen-bond donors (Lipinski definition) is 3. The molecule has 0 aliphatic heterocycles. The zero-order valence-corrected chi connectivity index (χ0v) is 17.5. The van der Waals surface area contributed by atoms with Crippen LogP contribution in [0.5, 0.6) is 0 Å². The zero-order valence-electron chi connectivity index (χ0n) is 17.5. The summed E-state index contributed by atoms with van der Waals surface area (Å²) in [5.74, 6) is -0.150. The SMILES string of the molecule is CCC(NC(=O)c1ccc(CCO)cc1)c1ccc(NC(=O)OC(C)(C)C)cc1. The molecule has 0 aliphatic rings. The summed E-state index contributed by atoms with van der Waals surface area (Å²) in [6.07, 6.45) is 0.798. The zero-order chi connectivity index (χ0) is 21.4. The monoisotopic (exact) mass is 398 g/mol. The lowest BCUT2D eigenvalue weighted by Crippen LogP contribution is -2.28. The second kappa shape index (κ2) is 10.1. The molecule has 0 heterocycles. The fourth-order valence-corrected chi connectivity index (χ4v) is 2.83. The first kappa shape index (κ1) is 22.4. The summed E-state index contributed by atoms with van der Waals surface area (Å²) in [6.45, 7) is 7.52. The number of ether oxygens (including phenoxy) is 1. The van der Waals surface area contributed by atoms with E-state index in [9.17, 15) is 9.59 Å². The van der Waals surface area contributed by atoms with Gasteiger partial charge in [0.05, 0.1) is 6.04 Å². The van der Waals surface area contributed by atoms with Gasteiger partial charge in [-0.2, -0.15) is 0 Å². The minimum absolute atomic E-state index is 0.0855. The molecule has 0 radical (unpaired) electrons. The highest BCUT2D eigenvalue weighted by Crippen LogP contribution is 2.20. The van der Waals surface area contributed by atoms with Gasteiger partial charge in [-0.1, -0.05) is 31.2 Å². The van der Waals surface area contributed by atoms with E-state index in [1.165, 1.54) is 0 Å². The van der Waals surface area contributed by atoms with Gasteiger partial charge in [0.1, 0.15) is 5.60 Å². The van der Waals surface area contributed by atoms with Crippen LogP contribution in [0.3, 0.4) is 0 Å². The molecule has 0 fully saturated rings. The van der Waals surface area contributed by atoms with Gasteiger partial charge < -0.3 is 15.2 Å². The average Bonchev–Trinajstić information content (AvgIpc) is 2.66. The number of carbonyl (C=O) groups excluding carboxylic acids is 2. The van der Waals surface area contributed by atoms with Gasteiger partial charge in [0.2, 0.25) is 0 Å². The summed E-state index contributed by atoms with van der Waals surface area (Å²) in [5, 5.41) is 14.7. The number of amides is 2. The molecule has 1 atom stereocenters. The van der Waals surface area contributed by atoms with Gasteiger partial charge >= 0.3 is 6.09 Å². The molecule has 156 valence electrons. The number of carbonyl (C=O) groups is 2. The molecule has 2 rings (SSSR count). The number of anilines is 1. The van der Waals surface area contributed by atoms with Crippen LogP contribution < -0.4 is 10.6 Å². The third-order valence-electron chi connectivity index (χ3n) is 4.29. The van der Waals surface area contributed by atoms with Crippen LogP contribution in [0.4, 0.5) is 10.5 Å². The topological polar surface area (TPSA) is 87.7 Å². The molecule has 29 heavy (non-hydrogen) atoms. The summed E-state index contributed by atoms with van der Waals surface area (Å²) in [5.41, 5.74) is 2.59. The van der Waals surface area contributed by atoms with Crippen LogP contribution in [0.1, 0.15) is 61.6 Å². The van der Waals surface area contributed by atoms with Crippen LogP contribution >= 0.6 is 0 Å². The Kier molecular flexibility index (Phi) is 7.79. The maximum absolute atomic E-state index is 12.6. The van der Waals surface area contributed by atoms with Crippen LogP contribution in [0.25, 0.3) is 0 Å². The van der Waals surface area contributed by atoms with Crippen LogP contribution in [0.15, 0.2) is 48.5 Å². The lowest BCUT2D eigenvalue weighted by Gasteiger charge is -2.20. The lowest BCUT2D eigenvalue weighted by atomic mass is 10.0. The van der Waals surface area contributed by atoms with E-state index in [1.807, 2.05) is 52.0 Å². The van der Waals surface area contributed by atoms with E-state index in [-0.39, 0.29) is 18.6 Å². The highest BCUT2D eigenvalue weighted by atomic mass is 16.6. The Balaban J connectivity index is 2.00. The van der Waals surface area contributed by atoms with Gasteiger partial charge in [-0.15, -0.1) is 0 Å².